The molecule has 1 atom stereocenters. The van der Waals surface area contributed by atoms with E-state index in [0.717, 1.165) is 13.1 Å². The number of aromatic nitrogens is 3. The van der Waals surface area contributed by atoms with Gasteiger partial charge in [-0.2, -0.15) is 0 Å². The van der Waals surface area contributed by atoms with Crippen molar-refractivity contribution in [3.8, 4) is 0 Å². The molecular weight excluding hydrogens is 531 g/mol. The monoisotopic (exact) mass is 560 g/mol. The number of thioether (sulfide) groups is 1. The van der Waals surface area contributed by atoms with Crippen molar-refractivity contribution < 1.29 is 9.59 Å². The minimum Gasteiger partial charge on any atom is -0.368 e. The number of piperazine rings is 1. The molecule has 0 unspecified atom stereocenters. The van der Waals surface area contributed by atoms with E-state index in [4.69, 9.17) is 23.2 Å². The number of halogens is 2. The van der Waals surface area contributed by atoms with Crippen molar-refractivity contribution in [3.05, 3.63) is 70.0 Å². The summed E-state index contributed by atoms with van der Waals surface area (Å²) in [5.74, 6) is 0.749. The van der Waals surface area contributed by atoms with E-state index in [1.165, 1.54) is 17.4 Å². The van der Waals surface area contributed by atoms with E-state index in [1.807, 2.05) is 48.6 Å². The summed E-state index contributed by atoms with van der Waals surface area (Å²) in [4.78, 5) is 30.0. The predicted molar refractivity (Wildman–Crippen MR) is 148 cm³/mol. The van der Waals surface area contributed by atoms with Crippen LogP contribution in [0.25, 0.3) is 0 Å². The van der Waals surface area contributed by atoms with Crippen LogP contribution in [0.15, 0.2) is 53.7 Å². The van der Waals surface area contributed by atoms with Crippen molar-refractivity contribution in [2.24, 2.45) is 13.0 Å². The number of anilines is 1. The molecule has 1 aliphatic rings. The molecular formula is C26H30Cl2N6O2S. The van der Waals surface area contributed by atoms with Gasteiger partial charge in [-0.15, -0.1) is 10.2 Å². The minimum atomic E-state index is -0.379. The summed E-state index contributed by atoms with van der Waals surface area (Å²) < 4.78 is 1.84. The normalized spacial score (nSPS) is 14.6. The van der Waals surface area contributed by atoms with Crippen molar-refractivity contribution in [1.82, 2.24) is 25.0 Å². The summed E-state index contributed by atoms with van der Waals surface area (Å²) in [6.07, 6.45) is 0. The molecule has 0 saturated carbocycles. The quantitative estimate of drug-likeness (QED) is 0.402. The van der Waals surface area contributed by atoms with E-state index in [-0.39, 0.29) is 29.5 Å². The third kappa shape index (κ3) is 6.58. The summed E-state index contributed by atoms with van der Waals surface area (Å²) in [5, 5.41) is 13.0. The second-order valence-corrected chi connectivity index (χ2v) is 11.0. The third-order valence-electron chi connectivity index (χ3n) is 6.36. The van der Waals surface area contributed by atoms with Gasteiger partial charge in [0.15, 0.2) is 11.0 Å². The number of nitrogens with zero attached hydrogens (tertiary/aromatic N) is 5. The van der Waals surface area contributed by atoms with Crippen molar-refractivity contribution in [3.63, 3.8) is 0 Å². The van der Waals surface area contributed by atoms with E-state index in [0.29, 0.717) is 39.7 Å². The topological polar surface area (TPSA) is 83.4 Å². The Morgan fingerprint density at radius 3 is 2.35 bits per heavy atom. The highest BCUT2D eigenvalue weighted by Gasteiger charge is 2.27. The first-order valence-corrected chi connectivity index (χ1v) is 13.8. The summed E-state index contributed by atoms with van der Waals surface area (Å²) in [5.41, 5.74) is 1.59. The predicted octanol–water partition coefficient (Wildman–Crippen LogP) is 4.69. The van der Waals surface area contributed by atoms with E-state index >= 15 is 0 Å². The third-order valence-corrected chi connectivity index (χ3v) is 8.10. The Labute approximate surface area is 231 Å². The second kappa shape index (κ2) is 12.2. The molecule has 1 N–H and O–H groups in total. The average Bonchev–Trinajstić information content (AvgIpc) is 3.27. The molecule has 0 radical (unpaired) electrons. The van der Waals surface area contributed by atoms with Gasteiger partial charge in [0.2, 0.25) is 5.91 Å². The molecule has 1 aromatic heterocycles. The molecule has 0 spiro atoms. The lowest BCUT2D eigenvalue weighted by Gasteiger charge is -2.36. The van der Waals surface area contributed by atoms with Crippen LogP contribution in [0.2, 0.25) is 10.0 Å². The first-order chi connectivity index (χ1) is 17.7. The van der Waals surface area contributed by atoms with Gasteiger partial charge in [-0.25, -0.2) is 0 Å². The van der Waals surface area contributed by atoms with Crippen LogP contribution in [-0.2, 0) is 11.8 Å². The summed E-state index contributed by atoms with van der Waals surface area (Å²) in [7, 11) is 1.85. The SMILES string of the molecule is CC(C)[C@H](NC(=O)c1ccc(Cl)c(Cl)c1)c1nnc(SCC(=O)N2CCN(c3ccccc3)CC2)n1C. The zero-order valence-corrected chi connectivity index (χ0v) is 23.4. The Hall–Kier alpha value is -2.75. The molecule has 2 aromatic carbocycles. The molecule has 1 fully saturated rings. The lowest BCUT2D eigenvalue weighted by molar-refractivity contribution is -0.128. The maximum atomic E-state index is 12.9. The van der Waals surface area contributed by atoms with Crippen LogP contribution in [0.5, 0.6) is 0 Å². The van der Waals surface area contributed by atoms with E-state index in [9.17, 15) is 9.59 Å². The molecule has 37 heavy (non-hydrogen) atoms. The van der Waals surface area contributed by atoms with Gasteiger partial charge < -0.3 is 19.7 Å². The fraction of sp³-hybridized carbons (Fsp3) is 0.385. The minimum absolute atomic E-state index is 0.0509. The summed E-state index contributed by atoms with van der Waals surface area (Å²) >= 11 is 13.4. The maximum Gasteiger partial charge on any atom is 0.251 e. The number of carbonyl (C=O) groups is 2. The van der Waals surface area contributed by atoms with Gasteiger partial charge in [0, 0.05) is 44.5 Å². The van der Waals surface area contributed by atoms with Crippen molar-refractivity contribution in [2.75, 3.05) is 36.8 Å². The molecule has 4 rings (SSSR count). The number of nitrogens with one attached hydrogen (secondary N) is 1. The molecule has 8 nitrogen and oxygen atoms in total. The highest BCUT2D eigenvalue weighted by molar-refractivity contribution is 7.99. The molecule has 1 saturated heterocycles. The number of hydrogen-bond donors (Lipinski definition) is 1. The van der Waals surface area contributed by atoms with Gasteiger partial charge >= 0.3 is 0 Å². The average molecular weight is 562 g/mol. The van der Waals surface area contributed by atoms with Crippen molar-refractivity contribution >= 4 is 52.5 Å². The zero-order valence-electron chi connectivity index (χ0n) is 21.0. The highest BCUT2D eigenvalue weighted by Crippen LogP contribution is 2.26. The Balaban J connectivity index is 1.35. The van der Waals surface area contributed by atoms with E-state index < -0.39 is 0 Å². The van der Waals surface area contributed by atoms with Crippen LogP contribution in [0.1, 0.15) is 36.1 Å². The Morgan fingerprint density at radius 1 is 1.00 bits per heavy atom. The number of hydrogen-bond acceptors (Lipinski definition) is 6. The van der Waals surface area contributed by atoms with Crippen LogP contribution >= 0.6 is 35.0 Å². The summed E-state index contributed by atoms with van der Waals surface area (Å²) in [6.45, 7) is 7.00. The first kappa shape index (κ1) is 27.3. The van der Waals surface area contributed by atoms with E-state index in [2.05, 4.69) is 32.5 Å². The fourth-order valence-electron chi connectivity index (χ4n) is 4.18. The molecule has 0 aliphatic carbocycles. The van der Waals surface area contributed by atoms with Gasteiger partial charge in [0.25, 0.3) is 5.91 Å². The lowest BCUT2D eigenvalue weighted by atomic mass is 10.0. The molecule has 11 heteroatoms. The largest absolute Gasteiger partial charge is 0.368 e. The Morgan fingerprint density at radius 2 is 1.70 bits per heavy atom. The van der Waals surface area contributed by atoms with Gasteiger partial charge in [-0.3, -0.25) is 9.59 Å². The van der Waals surface area contributed by atoms with Gasteiger partial charge in [-0.05, 0) is 36.2 Å². The molecule has 0 bridgehead atoms. The van der Waals surface area contributed by atoms with Crippen LogP contribution in [0.3, 0.4) is 0 Å². The zero-order chi connectivity index (χ0) is 26.5. The maximum absolute atomic E-state index is 12.9. The molecule has 3 aromatic rings. The number of amides is 2. The standard InChI is InChI=1S/C26H30Cl2N6O2S/c1-17(2)23(29-25(36)18-9-10-20(27)21(28)15-18)24-30-31-26(32(24)3)37-16-22(35)34-13-11-33(12-14-34)19-7-5-4-6-8-19/h4-10,15,17,23H,11-14,16H2,1-3H3,(H,29,36)/t23-/m0/s1. The smallest absolute Gasteiger partial charge is 0.251 e. The number of benzene rings is 2. The molecule has 2 amide bonds. The fourth-order valence-corrected chi connectivity index (χ4v) is 5.30. The first-order valence-electron chi connectivity index (χ1n) is 12.1. The van der Waals surface area contributed by atoms with Crippen LogP contribution in [-0.4, -0.2) is 63.4 Å². The van der Waals surface area contributed by atoms with Gasteiger partial charge in [-0.1, -0.05) is 67.0 Å². The number of carbonyl (C=O) groups excluding carboxylic acids is 2. The van der Waals surface area contributed by atoms with Crippen molar-refractivity contribution in [1.29, 1.82) is 0 Å². The Kier molecular flexibility index (Phi) is 9.00. The van der Waals surface area contributed by atoms with E-state index in [1.54, 1.807) is 18.2 Å². The molecule has 196 valence electrons. The van der Waals surface area contributed by atoms with Gasteiger partial charge in [0.1, 0.15) is 0 Å². The second-order valence-electron chi connectivity index (χ2n) is 9.22. The highest BCUT2D eigenvalue weighted by atomic mass is 35.5. The van der Waals surface area contributed by atoms with Crippen molar-refractivity contribution in [2.45, 2.75) is 25.0 Å². The number of rotatable bonds is 8. The Bertz CT molecular complexity index is 1250. The lowest BCUT2D eigenvalue weighted by Crippen LogP contribution is -2.49. The summed E-state index contributed by atoms with van der Waals surface area (Å²) in [6, 6.07) is 14.6. The van der Waals surface area contributed by atoms with Crippen LogP contribution < -0.4 is 10.2 Å². The number of para-hydroxylation sites is 1. The van der Waals surface area contributed by atoms with Crippen LogP contribution in [0.4, 0.5) is 5.69 Å². The molecule has 1 aliphatic heterocycles. The van der Waals surface area contributed by atoms with Gasteiger partial charge in [0.05, 0.1) is 21.8 Å². The van der Waals surface area contributed by atoms with Crippen LogP contribution in [0, 0.1) is 5.92 Å². The molecule has 2 heterocycles.